The second kappa shape index (κ2) is 10.9. The number of benzene rings is 2. The Kier molecular flexibility index (Phi) is 7.73. The minimum atomic E-state index is -1.02. The van der Waals surface area contributed by atoms with Crippen molar-refractivity contribution >= 4 is 18.0 Å². The molecule has 2 aliphatic carbocycles. The largest absolute Gasteiger partial charge is 0.480 e. The summed E-state index contributed by atoms with van der Waals surface area (Å²) in [5, 5.41) is 15.1. The summed E-state index contributed by atoms with van der Waals surface area (Å²) in [6, 6.07) is 15.3. The van der Waals surface area contributed by atoms with E-state index < -0.39 is 18.1 Å². The summed E-state index contributed by atoms with van der Waals surface area (Å²) in [6.07, 6.45) is 2.85. The van der Waals surface area contributed by atoms with Gasteiger partial charge in [0.25, 0.3) is 0 Å². The predicted octanol–water partition coefficient (Wildman–Crippen LogP) is 4.70. The van der Waals surface area contributed by atoms with Gasteiger partial charge in [0.05, 0.1) is 0 Å². The van der Waals surface area contributed by atoms with Gasteiger partial charge in [-0.15, -0.1) is 0 Å². The van der Waals surface area contributed by atoms with Crippen LogP contribution in [-0.4, -0.2) is 41.8 Å². The van der Waals surface area contributed by atoms with Crippen LogP contribution in [-0.2, 0) is 14.3 Å². The van der Waals surface area contributed by atoms with Gasteiger partial charge in [-0.3, -0.25) is 4.79 Å². The number of hydrogen-bond donors (Lipinski definition) is 3. The van der Waals surface area contributed by atoms with E-state index in [1.807, 2.05) is 38.1 Å². The van der Waals surface area contributed by atoms with Crippen molar-refractivity contribution in [3.63, 3.8) is 0 Å². The molecule has 1 fully saturated rings. The maximum absolute atomic E-state index is 12.7. The molecule has 3 N–H and O–H groups in total. The molecule has 0 radical (unpaired) electrons. The van der Waals surface area contributed by atoms with Gasteiger partial charge in [-0.05, 0) is 46.9 Å². The molecule has 4 atom stereocenters. The number of carbonyl (C=O) groups is 3. The monoisotopic (exact) mass is 478 g/mol. The van der Waals surface area contributed by atoms with E-state index in [4.69, 9.17) is 4.74 Å². The molecule has 2 amide bonds. The number of aliphatic carboxylic acids is 1. The van der Waals surface area contributed by atoms with Crippen LogP contribution in [0.15, 0.2) is 48.5 Å². The third-order valence-electron chi connectivity index (χ3n) is 7.55. The van der Waals surface area contributed by atoms with Crippen molar-refractivity contribution in [2.75, 3.05) is 6.61 Å². The van der Waals surface area contributed by atoms with Crippen molar-refractivity contribution in [2.24, 2.45) is 11.8 Å². The highest BCUT2D eigenvalue weighted by atomic mass is 16.5. The Bertz CT molecular complexity index is 1040. The topological polar surface area (TPSA) is 105 Å². The van der Waals surface area contributed by atoms with Crippen molar-refractivity contribution in [1.29, 1.82) is 0 Å². The molecule has 2 aromatic rings. The van der Waals surface area contributed by atoms with E-state index in [-0.39, 0.29) is 42.7 Å². The number of amides is 2. The second-order valence-electron chi connectivity index (χ2n) is 9.74. The van der Waals surface area contributed by atoms with E-state index in [0.717, 1.165) is 30.4 Å². The van der Waals surface area contributed by atoms with Crippen LogP contribution in [0, 0.1) is 11.8 Å². The van der Waals surface area contributed by atoms with Crippen molar-refractivity contribution in [3.8, 4) is 11.1 Å². The van der Waals surface area contributed by atoms with Crippen LogP contribution in [0.3, 0.4) is 0 Å². The normalized spacial score (nSPS) is 20.4. The molecule has 0 heterocycles. The Morgan fingerprint density at radius 2 is 1.66 bits per heavy atom. The van der Waals surface area contributed by atoms with E-state index in [0.29, 0.717) is 6.42 Å². The first-order valence-electron chi connectivity index (χ1n) is 12.5. The molecule has 0 spiro atoms. The fraction of sp³-hybridized carbons (Fsp3) is 0.464. The first-order valence-corrected chi connectivity index (χ1v) is 12.5. The molecule has 0 aromatic heterocycles. The number of nitrogens with one attached hydrogen (secondary N) is 2. The Labute approximate surface area is 206 Å². The van der Waals surface area contributed by atoms with E-state index in [2.05, 4.69) is 34.9 Å². The minimum absolute atomic E-state index is 0.00758. The van der Waals surface area contributed by atoms with Crippen LogP contribution in [0.25, 0.3) is 11.1 Å². The van der Waals surface area contributed by atoms with Gasteiger partial charge in [-0.2, -0.15) is 0 Å². The molecule has 7 nitrogen and oxygen atoms in total. The van der Waals surface area contributed by atoms with Gasteiger partial charge in [0.1, 0.15) is 12.6 Å². The number of alkyl carbamates (subject to hydrolysis) is 1. The van der Waals surface area contributed by atoms with Gasteiger partial charge in [-0.1, -0.05) is 75.2 Å². The maximum Gasteiger partial charge on any atom is 0.407 e. The Morgan fingerprint density at radius 1 is 1.03 bits per heavy atom. The fourth-order valence-corrected chi connectivity index (χ4v) is 5.42. The highest BCUT2D eigenvalue weighted by Gasteiger charge is 2.34. The molecule has 0 aliphatic heterocycles. The highest BCUT2D eigenvalue weighted by Crippen LogP contribution is 2.44. The average Bonchev–Trinajstić information content (AvgIpc) is 3.42. The molecule has 3 unspecified atom stereocenters. The lowest BCUT2D eigenvalue weighted by molar-refractivity contribution is -0.143. The van der Waals surface area contributed by atoms with Gasteiger partial charge in [0.15, 0.2) is 0 Å². The average molecular weight is 479 g/mol. The first-order chi connectivity index (χ1) is 16.9. The SMILES string of the molecule is CCC(C)[C@H](NC(=O)CC1CCCC1NC(=O)OCC1c2ccccc2-c2ccccc21)C(=O)O. The number of ether oxygens (including phenoxy) is 1. The van der Waals surface area contributed by atoms with E-state index in [1.54, 1.807) is 0 Å². The summed E-state index contributed by atoms with van der Waals surface area (Å²) in [4.78, 5) is 36.8. The standard InChI is InChI=1S/C28H34N2O5/c1-3-17(2)26(27(32)33)30-25(31)15-18-9-8-14-24(18)29-28(34)35-16-23-21-12-6-4-10-19(21)20-11-5-7-13-22(20)23/h4-7,10-13,17-18,23-24,26H,3,8-9,14-16H2,1-2H3,(H,29,34)(H,30,31)(H,32,33)/t17?,18?,24?,26-/m0/s1. The molecule has 2 aliphatic rings. The summed E-state index contributed by atoms with van der Waals surface area (Å²) in [6.45, 7) is 3.96. The number of carbonyl (C=O) groups excluding carboxylic acids is 2. The lowest BCUT2D eigenvalue weighted by Gasteiger charge is -2.24. The second-order valence-corrected chi connectivity index (χ2v) is 9.74. The highest BCUT2D eigenvalue weighted by molar-refractivity contribution is 5.84. The van der Waals surface area contributed by atoms with Crippen molar-refractivity contribution < 1.29 is 24.2 Å². The van der Waals surface area contributed by atoms with Gasteiger partial charge >= 0.3 is 12.1 Å². The number of carboxylic acids is 1. The van der Waals surface area contributed by atoms with Crippen LogP contribution < -0.4 is 10.6 Å². The molecule has 0 bridgehead atoms. The van der Waals surface area contributed by atoms with Crippen LogP contribution in [0.1, 0.15) is 63.0 Å². The maximum atomic E-state index is 12.7. The summed E-state index contributed by atoms with van der Waals surface area (Å²) in [5.41, 5.74) is 4.67. The Morgan fingerprint density at radius 3 is 2.26 bits per heavy atom. The minimum Gasteiger partial charge on any atom is -0.480 e. The molecule has 1 saturated carbocycles. The smallest absolute Gasteiger partial charge is 0.407 e. The van der Waals surface area contributed by atoms with Gasteiger partial charge in [0, 0.05) is 18.4 Å². The quantitative estimate of drug-likeness (QED) is 0.485. The molecule has 0 saturated heterocycles. The molecule has 2 aromatic carbocycles. The fourth-order valence-electron chi connectivity index (χ4n) is 5.42. The lowest BCUT2D eigenvalue weighted by atomic mass is 9.96. The molecule has 7 heteroatoms. The van der Waals surface area contributed by atoms with Crippen LogP contribution in [0.4, 0.5) is 4.79 Å². The van der Waals surface area contributed by atoms with Crippen molar-refractivity contribution in [3.05, 3.63) is 59.7 Å². The summed E-state index contributed by atoms with van der Waals surface area (Å²) >= 11 is 0. The van der Waals surface area contributed by atoms with Gasteiger partial charge in [0.2, 0.25) is 5.91 Å². The summed E-state index contributed by atoms with van der Waals surface area (Å²) < 4.78 is 5.67. The number of hydrogen-bond acceptors (Lipinski definition) is 4. The molecular weight excluding hydrogens is 444 g/mol. The lowest BCUT2D eigenvalue weighted by Crippen LogP contribution is -2.46. The predicted molar refractivity (Wildman–Crippen MR) is 133 cm³/mol. The Balaban J connectivity index is 1.32. The first kappa shape index (κ1) is 24.8. The zero-order chi connectivity index (χ0) is 24.9. The molecule has 35 heavy (non-hydrogen) atoms. The van der Waals surface area contributed by atoms with Crippen LogP contribution >= 0.6 is 0 Å². The summed E-state index contributed by atoms with van der Waals surface area (Å²) in [5.74, 6) is -1.51. The number of fused-ring (bicyclic) bond motifs is 3. The molecule has 4 rings (SSSR count). The van der Waals surface area contributed by atoms with Crippen LogP contribution in [0.5, 0.6) is 0 Å². The number of carboxylic acid groups (broad SMARTS) is 1. The number of rotatable bonds is 9. The van der Waals surface area contributed by atoms with E-state index in [9.17, 15) is 19.5 Å². The molecular formula is C28H34N2O5. The Hall–Kier alpha value is -3.35. The van der Waals surface area contributed by atoms with Crippen LogP contribution in [0.2, 0.25) is 0 Å². The van der Waals surface area contributed by atoms with Crippen molar-refractivity contribution in [2.45, 2.75) is 64.0 Å². The van der Waals surface area contributed by atoms with E-state index >= 15 is 0 Å². The molecule has 186 valence electrons. The van der Waals surface area contributed by atoms with Gasteiger partial charge in [-0.25, -0.2) is 9.59 Å². The zero-order valence-corrected chi connectivity index (χ0v) is 20.3. The zero-order valence-electron chi connectivity index (χ0n) is 20.3. The van der Waals surface area contributed by atoms with Gasteiger partial charge < -0.3 is 20.5 Å². The van der Waals surface area contributed by atoms with Crippen molar-refractivity contribution in [1.82, 2.24) is 10.6 Å². The third-order valence-corrected chi connectivity index (χ3v) is 7.55. The third kappa shape index (κ3) is 5.50. The summed E-state index contributed by atoms with van der Waals surface area (Å²) in [7, 11) is 0. The van der Waals surface area contributed by atoms with E-state index in [1.165, 1.54) is 11.1 Å².